The van der Waals surface area contributed by atoms with Gasteiger partial charge in [-0.2, -0.15) is 10.4 Å². The first-order valence-corrected chi connectivity index (χ1v) is 6.36. The first-order valence-electron chi connectivity index (χ1n) is 6.36. The van der Waals surface area contributed by atoms with Crippen molar-refractivity contribution in [1.82, 2.24) is 5.43 Å². The van der Waals surface area contributed by atoms with Crippen molar-refractivity contribution < 1.29 is 14.3 Å². The van der Waals surface area contributed by atoms with Gasteiger partial charge in [0.05, 0.1) is 18.4 Å². The smallest absolute Gasteiger partial charge is 0.317 e. The molecule has 0 bridgehead atoms. The zero-order valence-electron chi connectivity index (χ0n) is 11.9. The van der Waals surface area contributed by atoms with E-state index in [4.69, 9.17) is 10.00 Å². The Morgan fingerprint density at radius 2 is 1.89 bits per heavy atom. The molecule has 0 radical (unpaired) electrons. The van der Waals surface area contributed by atoms with Crippen LogP contribution in [-0.2, 0) is 14.3 Å². The van der Waals surface area contributed by atoms with Crippen LogP contribution in [-0.4, -0.2) is 24.2 Å². The van der Waals surface area contributed by atoms with Gasteiger partial charge in [0.15, 0.2) is 0 Å². The first-order chi connectivity index (χ1) is 8.98. The van der Waals surface area contributed by atoms with Gasteiger partial charge in [0.1, 0.15) is 11.8 Å². The summed E-state index contributed by atoms with van der Waals surface area (Å²) in [5.74, 6) is -0.831. The van der Waals surface area contributed by atoms with E-state index < -0.39 is 11.3 Å². The van der Waals surface area contributed by atoms with Gasteiger partial charge in [-0.05, 0) is 26.7 Å². The Kier molecular flexibility index (Phi) is 7.42. The van der Waals surface area contributed by atoms with Gasteiger partial charge in [-0.15, -0.1) is 0 Å². The number of rotatable bonds is 7. The number of ether oxygens (including phenoxy) is 1. The summed E-state index contributed by atoms with van der Waals surface area (Å²) in [6.07, 6.45) is 0.805. The third-order valence-corrected chi connectivity index (χ3v) is 3.15. The van der Waals surface area contributed by atoms with Crippen LogP contribution < -0.4 is 5.43 Å². The molecule has 0 rings (SSSR count). The van der Waals surface area contributed by atoms with Gasteiger partial charge in [0.2, 0.25) is 0 Å². The first kappa shape index (κ1) is 17.1. The molecule has 0 aliphatic rings. The van der Waals surface area contributed by atoms with Crippen molar-refractivity contribution in [1.29, 1.82) is 5.26 Å². The Morgan fingerprint density at radius 1 is 1.32 bits per heavy atom. The van der Waals surface area contributed by atoms with Gasteiger partial charge in [-0.3, -0.25) is 9.59 Å². The average Bonchev–Trinajstić information content (AvgIpc) is 2.39. The van der Waals surface area contributed by atoms with E-state index in [1.165, 1.54) is 0 Å². The Labute approximate surface area is 113 Å². The van der Waals surface area contributed by atoms with Crippen LogP contribution >= 0.6 is 0 Å². The van der Waals surface area contributed by atoms with Crippen LogP contribution in [0.3, 0.4) is 0 Å². The third kappa shape index (κ3) is 4.36. The molecule has 0 aromatic rings. The number of hydrogen-bond acceptors (Lipinski definition) is 5. The van der Waals surface area contributed by atoms with Crippen LogP contribution in [0.5, 0.6) is 0 Å². The van der Waals surface area contributed by atoms with E-state index in [-0.39, 0.29) is 12.4 Å². The number of hydrazone groups is 1. The standard InChI is InChI=1S/C13H21N3O3/c1-5-13(6-2,12(18)19-7-3)10(4)15-16-11(17)8-9-14/h5-8H2,1-4H3,(H,16,17). The third-order valence-electron chi connectivity index (χ3n) is 3.15. The minimum atomic E-state index is -0.823. The highest BCUT2D eigenvalue weighted by atomic mass is 16.5. The second kappa shape index (κ2) is 8.25. The van der Waals surface area contributed by atoms with E-state index in [0.717, 1.165) is 0 Å². The van der Waals surface area contributed by atoms with Gasteiger partial charge in [-0.25, -0.2) is 5.43 Å². The minimum Gasteiger partial charge on any atom is -0.465 e. The summed E-state index contributed by atoms with van der Waals surface area (Å²) in [6, 6.07) is 1.73. The quantitative estimate of drug-likeness (QED) is 0.432. The lowest BCUT2D eigenvalue weighted by Gasteiger charge is -2.28. The van der Waals surface area contributed by atoms with Gasteiger partial charge < -0.3 is 4.74 Å². The van der Waals surface area contributed by atoms with Gasteiger partial charge in [0, 0.05) is 0 Å². The fraction of sp³-hybridized carbons (Fsp3) is 0.692. The summed E-state index contributed by atoms with van der Waals surface area (Å²) in [5, 5.41) is 12.3. The molecule has 0 fully saturated rings. The Hall–Kier alpha value is -1.90. The largest absolute Gasteiger partial charge is 0.465 e. The number of carbonyl (C=O) groups is 2. The second-order valence-corrected chi connectivity index (χ2v) is 4.08. The number of nitriles is 1. The summed E-state index contributed by atoms with van der Waals surface area (Å²) >= 11 is 0. The molecule has 19 heavy (non-hydrogen) atoms. The molecule has 0 spiro atoms. The summed E-state index contributed by atoms with van der Waals surface area (Å²) in [7, 11) is 0. The number of nitrogens with one attached hydrogen (secondary N) is 1. The van der Waals surface area contributed by atoms with Crippen LogP contribution in [0.4, 0.5) is 0 Å². The fourth-order valence-electron chi connectivity index (χ4n) is 1.83. The number of carbonyl (C=O) groups excluding carboxylic acids is 2. The van der Waals surface area contributed by atoms with Crippen LogP contribution in [0.2, 0.25) is 0 Å². The van der Waals surface area contributed by atoms with Gasteiger partial charge in [0.25, 0.3) is 5.91 Å². The highest BCUT2D eigenvalue weighted by Crippen LogP contribution is 2.30. The van der Waals surface area contributed by atoms with Crippen LogP contribution in [0.15, 0.2) is 5.10 Å². The molecule has 1 amide bonds. The van der Waals surface area contributed by atoms with Crippen molar-refractivity contribution in [3.63, 3.8) is 0 Å². The van der Waals surface area contributed by atoms with E-state index in [1.54, 1.807) is 19.9 Å². The zero-order valence-corrected chi connectivity index (χ0v) is 11.9. The normalized spacial score (nSPS) is 11.6. The molecule has 0 aliphatic heterocycles. The molecule has 6 nitrogen and oxygen atoms in total. The van der Waals surface area contributed by atoms with Gasteiger partial charge in [-0.1, -0.05) is 13.8 Å². The Morgan fingerprint density at radius 3 is 2.32 bits per heavy atom. The van der Waals surface area contributed by atoms with Crippen molar-refractivity contribution >= 4 is 17.6 Å². The number of hydrogen-bond donors (Lipinski definition) is 1. The van der Waals surface area contributed by atoms with Crippen molar-refractivity contribution in [3.8, 4) is 6.07 Å². The molecule has 0 aliphatic carbocycles. The highest BCUT2D eigenvalue weighted by molar-refractivity contribution is 6.05. The van der Waals surface area contributed by atoms with Crippen molar-refractivity contribution in [3.05, 3.63) is 0 Å². The van der Waals surface area contributed by atoms with E-state index in [0.29, 0.717) is 25.2 Å². The monoisotopic (exact) mass is 267 g/mol. The molecule has 0 aromatic heterocycles. The predicted octanol–water partition coefficient (Wildman–Crippen LogP) is 1.76. The number of amides is 1. The molecular formula is C13H21N3O3. The maximum absolute atomic E-state index is 12.1. The average molecular weight is 267 g/mol. The molecule has 0 atom stereocenters. The Balaban J connectivity index is 5.07. The summed E-state index contributed by atoms with van der Waals surface area (Å²) in [5.41, 5.74) is 1.94. The zero-order chi connectivity index (χ0) is 14.9. The molecule has 0 unspecified atom stereocenters. The predicted molar refractivity (Wildman–Crippen MR) is 71.1 cm³/mol. The molecule has 106 valence electrons. The second-order valence-electron chi connectivity index (χ2n) is 4.08. The number of esters is 1. The summed E-state index contributed by atoms with van der Waals surface area (Å²) in [6.45, 7) is 7.47. The van der Waals surface area contributed by atoms with Crippen LogP contribution in [0.1, 0.15) is 47.0 Å². The van der Waals surface area contributed by atoms with Crippen molar-refractivity contribution in [2.75, 3.05) is 6.61 Å². The number of nitrogens with zero attached hydrogens (tertiary/aromatic N) is 2. The van der Waals surface area contributed by atoms with E-state index in [9.17, 15) is 9.59 Å². The lowest BCUT2D eigenvalue weighted by molar-refractivity contribution is -0.151. The molecule has 0 saturated carbocycles. The van der Waals surface area contributed by atoms with E-state index >= 15 is 0 Å². The Bertz CT molecular complexity index is 392. The van der Waals surface area contributed by atoms with Crippen LogP contribution in [0, 0.1) is 16.7 Å². The van der Waals surface area contributed by atoms with Crippen molar-refractivity contribution in [2.45, 2.75) is 47.0 Å². The van der Waals surface area contributed by atoms with E-state index in [1.807, 2.05) is 13.8 Å². The highest BCUT2D eigenvalue weighted by Gasteiger charge is 2.39. The van der Waals surface area contributed by atoms with Crippen molar-refractivity contribution in [2.24, 2.45) is 10.5 Å². The summed E-state index contributed by atoms with van der Waals surface area (Å²) in [4.78, 5) is 23.3. The molecule has 6 heteroatoms. The topological polar surface area (TPSA) is 91.5 Å². The molecule has 1 N–H and O–H groups in total. The maximum Gasteiger partial charge on any atom is 0.317 e. The molecule has 0 aromatic carbocycles. The molecule has 0 heterocycles. The minimum absolute atomic E-state index is 0.262. The fourth-order valence-corrected chi connectivity index (χ4v) is 1.83. The SMILES string of the molecule is CCOC(=O)C(CC)(CC)C(C)=NNC(=O)CC#N. The van der Waals surface area contributed by atoms with E-state index in [2.05, 4.69) is 10.5 Å². The lowest BCUT2D eigenvalue weighted by atomic mass is 9.78. The molecule has 0 saturated heterocycles. The van der Waals surface area contributed by atoms with Gasteiger partial charge >= 0.3 is 5.97 Å². The van der Waals surface area contributed by atoms with Crippen LogP contribution in [0.25, 0.3) is 0 Å². The molecular weight excluding hydrogens is 246 g/mol. The maximum atomic E-state index is 12.1. The lowest BCUT2D eigenvalue weighted by Crippen LogP contribution is -2.39. The summed E-state index contributed by atoms with van der Waals surface area (Å²) < 4.78 is 5.08.